The molecule has 158 valence electrons. The average molecular weight is 391 g/mol. The number of aryl methyl sites for hydroxylation is 1. The highest BCUT2D eigenvalue weighted by Gasteiger charge is 2.28. The number of ether oxygens (including phenoxy) is 2. The Labute approximate surface area is 171 Å². The quantitative estimate of drug-likeness (QED) is 0.196. The lowest BCUT2D eigenvalue weighted by Crippen LogP contribution is -2.37. The zero-order valence-electron chi connectivity index (χ0n) is 18.0. The van der Waals surface area contributed by atoms with E-state index in [9.17, 15) is 9.59 Å². The van der Waals surface area contributed by atoms with Crippen LogP contribution in [0.1, 0.15) is 90.5 Å². The van der Waals surface area contributed by atoms with Crippen molar-refractivity contribution in [2.24, 2.45) is 0 Å². The molecule has 0 amide bonds. The molecule has 1 aromatic rings. The Morgan fingerprint density at radius 3 is 2.14 bits per heavy atom. The highest BCUT2D eigenvalue weighted by molar-refractivity contribution is 6.02. The standard InChI is InChI=1S/C24H38O4/c1-4-7-8-9-10-11-12-13-14-16-20-17-15-18-21(19-20)28-23(22(25)5-2)24(26)27-6-3/h15,17-19,23H,4-14,16H2,1-3H3. The Hall–Kier alpha value is -1.84. The van der Waals surface area contributed by atoms with Crippen molar-refractivity contribution in [1.29, 1.82) is 0 Å². The summed E-state index contributed by atoms with van der Waals surface area (Å²) in [5.74, 6) is -0.324. The molecular formula is C24H38O4. The van der Waals surface area contributed by atoms with Crippen molar-refractivity contribution in [2.45, 2.75) is 97.5 Å². The summed E-state index contributed by atoms with van der Waals surface area (Å²) < 4.78 is 10.7. The van der Waals surface area contributed by atoms with Gasteiger partial charge in [-0.2, -0.15) is 0 Å². The van der Waals surface area contributed by atoms with Gasteiger partial charge >= 0.3 is 5.97 Å². The van der Waals surface area contributed by atoms with Crippen LogP contribution >= 0.6 is 0 Å². The molecule has 0 aliphatic heterocycles. The van der Waals surface area contributed by atoms with Gasteiger partial charge in [-0.1, -0.05) is 77.3 Å². The lowest BCUT2D eigenvalue weighted by atomic mass is 10.0. The third kappa shape index (κ3) is 9.91. The van der Waals surface area contributed by atoms with Crippen LogP contribution in [0, 0.1) is 0 Å². The first-order chi connectivity index (χ1) is 13.6. The molecule has 4 heteroatoms. The molecular weight excluding hydrogens is 352 g/mol. The Morgan fingerprint density at radius 2 is 1.54 bits per heavy atom. The fourth-order valence-electron chi connectivity index (χ4n) is 3.20. The third-order valence-corrected chi connectivity index (χ3v) is 4.86. The van der Waals surface area contributed by atoms with E-state index < -0.39 is 12.1 Å². The molecule has 4 nitrogen and oxygen atoms in total. The van der Waals surface area contributed by atoms with E-state index in [0.717, 1.165) is 12.8 Å². The predicted molar refractivity (Wildman–Crippen MR) is 114 cm³/mol. The molecule has 0 saturated heterocycles. The first-order valence-corrected chi connectivity index (χ1v) is 11.1. The van der Waals surface area contributed by atoms with Crippen LogP contribution in [0.2, 0.25) is 0 Å². The number of esters is 1. The number of rotatable bonds is 16. The van der Waals surface area contributed by atoms with Crippen LogP contribution in [-0.4, -0.2) is 24.5 Å². The summed E-state index contributed by atoms with van der Waals surface area (Å²) in [6.45, 7) is 5.92. The van der Waals surface area contributed by atoms with E-state index in [4.69, 9.17) is 9.47 Å². The summed E-state index contributed by atoms with van der Waals surface area (Å²) in [6.07, 6.45) is 11.8. The second kappa shape index (κ2) is 15.1. The molecule has 0 aromatic heterocycles. The zero-order chi connectivity index (χ0) is 20.6. The monoisotopic (exact) mass is 390 g/mol. The topological polar surface area (TPSA) is 52.6 Å². The first kappa shape index (κ1) is 24.2. The smallest absolute Gasteiger partial charge is 0.355 e. The van der Waals surface area contributed by atoms with Crippen LogP contribution in [-0.2, 0) is 20.7 Å². The van der Waals surface area contributed by atoms with Crippen LogP contribution in [0.25, 0.3) is 0 Å². The van der Waals surface area contributed by atoms with Gasteiger partial charge in [0, 0.05) is 6.42 Å². The molecule has 1 unspecified atom stereocenters. The molecule has 0 N–H and O–H groups in total. The van der Waals surface area contributed by atoms with E-state index in [-0.39, 0.29) is 18.8 Å². The molecule has 0 radical (unpaired) electrons. The molecule has 0 heterocycles. The molecule has 0 bridgehead atoms. The van der Waals surface area contributed by atoms with E-state index in [1.165, 1.54) is 56.9 Å². The van der Waals surface area contributed by atoms with E-state index in [1.54, 1.807) is 19.9 Å². The van der Waals surface area contributed by atoms with Crippen molar-refractivity contribution < 1.29 is 19.1 Å². The van der Waals surface area contributed by atoms with Crippen molar-refractivity contribution in [1.82, 2.24) is 0 Å². The molecule has 0 aliphatic carbocycles. The Kier molecular flexibility index (Phi) is 13.1. The molecule has 0 fully saturated rings. The van der Waals surface area contributed by atoms with Gasteiger partial charge in [-0.15, -0.1) is 0 Å². The molecule has 0 spiro atoms. The molecule has 0 aliphatic rings. The van der Waals surface area contributed by atoms with Gasteiger partial charge in [0.1, 0.15) is 5.75 Å². The van der Waals surface area contributed by atoms with Gasteiger partial charge in [0.25, 0.3) is 6.10 Å². The molecule has 1 atom stereocenters. The second-order valence-electron chi connectivity index (χ2n) is 7.30. The zero-order valence-corrected chi connectivity index (χ0v) is 18.0. The Balaban J connectivity index is 2.41. The van der Waals surface area contributed by atoms with Crippen molar-refractivity contribution in [3.63, 3.8) is 0 Å². The summed E-state index contributed by atoms with van der Waals surface area (Å²) in [4.78, 5) is 24.1. The van der Waals surface area contributed by atoms with Crippen molar-refractivity contribution in [3.05, 3.63) is 29.8 Å². The number of hydrogen-bond donors (Lipinski definition) is 0. The van der Waals surface area contributed by atoms with E-state index in [0.29, 0.717) is 5.75 Å². The minimum Gasteiger partial charge on any atom is -0.471 e. The van der Waals surface area contributed by atoms with Crippen LogP contribution < -0.4 is 4.74 Å². The number of unbranched alkanes of at least 4 members (excludes halogenated alkanes) is 8. The Bertz CT molecular complexity index is 567. The predicted octanol–water partition coefficient (Wildman–Crippen LogP) is 6.05. The first-order valence-electron chi connectivity index (χ1n) is 11.1. The number of ketones is 1. The maximum absolute atomic E-state index is 12.0. The summed E-state index contributed by atoms with van der Waals surface area (Å²) in [7, 11) is 0. The highest BCUT2D eigenvalue weighted by atomic mass is 16.6. The number of hydrogen-bond acceptors (Lipinski definition) is 4. The number of Topliss-reactive ketones (excluding diaryl/α,β-unsaturated/α-hetero) is 1. The van der Waals surface area contributed by atoms with Gasteiger partial charge in [-0.05, 0) is 37.5 Å². The lowest BCUT2D eigenvalue weighted by Gasteiger charge is -2.16. The lowest BCUT2D eigenvalue weighted by molar-refractivity contribution is -0.155. The van der Waals surface area contributed by atoms with Crippen molar-refractivity contribution >= 4 is 11.8 Å². The molecule has 1 aromatic carbocycles. The normalized spacial score (nSPS) is 11.8. The van der Waals surface area contributed by atoms with Gasteiger partial charge in [-0.3, -0.25) is 4.79 Å². The number of benzene rings is 1. The summed E-state index contributed by atoms with van der Waals surface area (Å²) >= 11 is 0. The van der Waals surface area contributed by atoms with Crippen molar-refractivity contribution in [2.75, 3.05) is 6.61 Å². The maximum Gasteiger partial charge on any atom is 0.355 e. The van der Waals surface area contributed by atoms with E-state index in [2.05, 4.69) is 13.0 Å². The van der Waals surface area contributed by atoms with Gasteiger partial charge in [-0.25, -0.2) is 4.79 Å². The average Bonchev–Trinajstić information content (AvgIpc) is 2.70. The van der Waals surface area contributed by atoms with Crippen LogP contribution in [0.5, 0.6) is 5.75 Å². The third-order valence-electron chi connectivity index (χ3n) is 4.86. The van der Waals surface area contributed by atoms with E-state index in [1.807, 2.05) is 12.1 Å². The summed E-state index contributed by atoms with van der Waals surface area (Å²) in [5.41, 5.74) is 1.17. The molecule has 0 saturated carbocycles. The van der Waals surface area contributed by atoms with Gasteiger partial charge in [0.05, 0.1) is 6.61 Å². The van der Waals surface area contributed by atoms with Crippen LogP contribution in [0.15, 0.2) is 24.3 Å². The van der Waals surface area contributed by atoms with E-state index >= 15 is 0 Å². The number of carbonyl (C=O) groups excluding carboxylic acids is 2. The minimum absolute atomic E-state index is 0.230. The van der Waals surface area contributed by atoms with Gasteiger partial charge in [0.2, 0.25) is 0 Å². The minimum atomic E-state index is -1.17. The largest absolute Gasteiger partial charge is 0.471 e. The van der Waals surface area contributed by atoms with Gasteiger partial charge in [0.15, 0.2) is 5.78 Å². The highest BCUT2D eigenvalue weighted by Crippen LogP contribution is 2.19. The Morgan fingerprint density at radius 1 is 0.893 bits per heavy atom. The number of carbonyl (C=O) groups is 2. The summed E-state index contributed by atoms with van der Waals surface area (Å²) in [6, 6.07) is 7.70. The van der Waals surface area contributed by atoms with Crippen LogP contribution in [0.3, 0.4) is 0 Å². The molecule has 28 heavy (non-hydrogen) atoms. The van der Waals surface area contributed by atoms with Crippen molar-refractivity contribution in [3.8, 4) is 5.75 Å². The second-order valence-corrected chi connectivity index (χ2v) is 7.30. The fourth-order valence-corrected chi connectivity index (χ4v) is 3.20. The maximum atomic E-state index is 12.0. The fraction of sp³-hybridized carbons (Fsp3) is 0.667. The SMILES string of the molecule is CCCCCCCCCCCc1cccc(OC(C(=O)CC)C(=O)OCC)c1. The van der Waals surface area contributed by atoms with Crippen LogP contribution in [0.4, 0.5) is 0 Å². The summed E-state index contributed by atoms with van der Waals surface area (Å²) in [5, 5.41) is 0. The van der Waals surface area contributed by atoms with Gasteiger partial charge < -0.3 is 9.47 Å². The molecule has 1 rings (SSSR count).